The Kier molecular flexibility index (Phi) is 5.96. The fourth-order valence-corrected chi connectivity index (χ4v) is 3.05. The number of anilines is 1. The van der Waals surface area contributed by atoms with Crippen LogP contribution in [-0.2, 0) is 0 Å². The molecule has 0 atom stereocenters. The molecule has 146 valence electrons. The molecule has 0 saturated carbocycles. The highest BCUT2D eigenvalue weighted by atomic mass is 15.4. The molecule has 1 aromatic carbocycles. The Morgan fingerprint density at radius 3 is 2.57 bits per heavy atom. The van der Waals surface area contributed by atoms with Crippen molar-refractivity contribution >= 4 is 11.5 Å². The molecule has 0 radical (unpaired) electrons. The van der Waals surface area contributed by atoms with Gasteiger partial charge < -0.3 is 10.6 Å². The maximum absolute atomic E-state index is 5.33. The van der Waals surface area contributed by atoms with Gasteiger partial charge in [-0.1, -0.05) is 63.9 Å². The largest absolute Gasteiger partial charge is 0.368 e. The van der Waals surface area contributed by atoms with Crippen LogP contribution in [0, 0.1) is 17.8 Å². The van der Waals surface area contributed by atoms with Crippen molar-refractivity contribution in [3.8, 4) is 23.7 Å². The number of aromatic nitrogens is 4. The lowest BCUT2D eigenvalue weighted by Gasteiger charge is -2.26. The highest BCUT2D eigenvalue weighted by Gasteiger charge is 2.20. The smallest absolute Gasteiger partial charge is 0.185 e. The first-order valence-electron chi connectivity index (χ1n) is 9.61. The van der Waals surface area contributed by atoms with Crippen LogP contribution < -0.4 is 10.6 Å². The third kappa shape index (κ3) is 4.49. The third-order valence-corrected chi connectivity index (χ3v) is 4.64. The van der Waals surface area contributed by atoms with Gasteiger partial charge >= 0.3 is 0 Å². The van der Waals surface area contributed by atoms with Crippen molar-refractivity contribution in [1.82, 2.24) is 25.1 Å². The van der Waals surface area contributed by atoms with Gasteiger partial charge in [0.25, 0.3) is 0 Å². The zero-order valence-electron chi connectivity index (χ0n) is 17.0. The maximum atomic E-state index is 5.33. The Hall–Kier alpha value is -2.91. The Morgan fingerprint density at radius 2 is 1.89 bits per heavy atom. The van der Waals surface area contributed by atoms with Crippen molar-refractivity contribution in [3.05, 3.63) is 42.0 Å². The summed E-state index contributed by atoms with van der Waals surface area (Å²) in [5, 5.41) is 20.4. The van der Waals surface area contributed by atoms with Gasteiger partial charge in [0.2, 0.25) is 0 Å². The Bertz CT molecular complexity index is 966. The van der Waals surface area contributed by atoms with Gasteiger partial charge in [0.05, 0.1) is 6.54 Å². The molecule has 2 N–H and O–H groups in total. The minimum atomic E-state index is 0.0250. The molecule has 6 heteroatoms. The number of nitrogens with one attached hydrogen (secondary N) is 2. The van der Waals surface area contributed by atoms with Crippen LogP contribution in [0.4, 0.5) is 5.82 Å². The van der Waals surface area contributed by atoms with E-state index >= 15 is 0 Å². The van der Waals surface area contributed by atoms with Crippen molar-refractivity contribution in [2.45, 2.75) is 33.6 Å². The SMILES string of the molecule is C#CCNCC(C)(C)CNc1nn2c(-c3ccccc3)nnc2cc1C(C)C. The van der Waals surface area contributed by atoms with E-state index in [1.807, 2.05) is 34.8 Å². The second-order valence-electron chi connectivity index (χ2n) is 8.09. The fraction of sp³-hybridized carbons (Fsp3) is 0.409. The topological polar surface area (TPSA) is 67.1 Å². The highest BCUT2D eigenvalue weighted by molar-refractivity contribution is 5.61. The molecule has 6 nitrogen and oxygen atoms in total. The zero-order chi connectivity index (χ0) is 20.1. The average molecular weight is 377 g/mol. The summed E-state index contributed by atoms with van der Waals surface area (Å²) >= 11 is 0. The molecule has 0 aliphatic carbocycles. The monoisotopic (exact) mass is 376 g/mol. The number of fused-ring (bicyclic) bond motifs is 1. The molecule has 28 heavy (non-hydrogen) atoms. The summed E-state index contributed by atoms with van der Waals surface area (Å²) in [6.45, 7) is 10.9. The maximum Gasteiger partial charge on any atom is 0.185 e. The van der Waals surface area contributed by atoms with Crippen LogP contribution in [0.3, 0.4) is 0 Å². The van der Waals surface area contributed by atoms with E-state index in [9.17, 15) is 0 Å². The fourth-order valence-electron chi connectivity index (χ4n) is 3.05. The average Bonchev–Trinajstić information content (AvgIpc) is 3.09. The minimum absolute atomic E-state index is 0.0250. The summed E-state index contributed by atoms with van der Waals surface area (Å²) in [6.07, 6.45) is 5.33. The van der Waals surface area contributed by atoms with E-state index in [1.54, 1.807) is 0 Å². The number of benzene rings is 1. The van der Waals surface area contributed by atoms with E-state index in [0.29, 0.717) is 12.5 Å². The van der Waals surface area contributed by atoms with Crippen LogP contribution in [0.2, 0.25) is 0 Å². The summed E-state index contributed by atoms with van der Waals surface area (Å²) in [7, 11) is 0. The molecule has 0 bridgehead atoms. The normalized spacial score (nSPS) is 11.7. The van der Waals surface area contributed by atoms with Gasteiger partial charge in [-0.05, 0) is 17.4 Å². The molecule has 2 heterocycles. The molecule has 3 rings (SSSR count). The van der Waals surface area contributed by atoms with Crippen LogP contribution in [0.1, 0.15) is 39.2 Å². The van der Waals surface area contributed by atoms with Gasteiger partial charge in [0, 0.05) is 24.2 Å². The molecule has 0 amide bonds. The van der Waals surface area contributed by atoms with Gasteiger partial charge in [-0.3, -0.25) is 0 Å². The van der Waals surface area contributed by atoms with Gasteiger partial charge in [0.15, 0.2) is 17.3 Å². The quantitative estimate of drug-likeness (QED) is 0.465. The van der Waals surface area contributed by atoms with Crippen molar-refractivity contribution in [3.63, 3.8) is 0 Å². The second-order valence-corrected chi connectivity index (χ2v) is 8.09. The van der Waals surface area contributed by atoms with E-state index < -0.39 is 0 Å². The van der Waals surface area contributed by atoms with E-state index in [-0.39, 0.29) is 5.41 Å². The van der Waals surface area contributed by atoms with E-state index in [2.05, 4.69) is 60.5 Å². The van der Waals surface area contributed by atoms with Crippen LogP contribution >= 0.6 is 0 Å². The number of terminal acetylenes is 1. The van der Waals surface area contributed by atoms with E-state index in [0.717, 1.165) is 41.5 Å². The molecule has 3 aromatic rings. The first-order chi connectivity index (χ1) is 13.4. The molecule has 0 spiro atoms. The molecule has 0 unspecified atom stereocenters. The molecule has 2 aromatic heterocycles. The summed E-state index contributed by atoms with van der Waals surface area (Å²) in [5.41, 5.74) is 2.90. The summed E-state index contributed by atoms with van der Waals surface area (Å²) < 4.78 is 1.81. The Morgan fingerprint density at radius 1 is 1.14 bits per heavy atom. The molecular weight excluding hydrogens is 348 g/mol. The number of hydrogen-bond donors (Lipinski definition) is 2. The number of nitrogens with zero attached hydrogens (tertiary/aromatic N) is 4. The lowest BCUT2D eigenvalue weighted by atomic mass is 9.93. The van der Waals surface area contributed by atoms with Crippen LogP contribution in [0.15, 0.2) is 36.4 Å². The molecule has 0 aliphatic heterocycles. The number of hydrogen-bond acceptors (Lipinski definition) is 5. The van der Waals surface area contributed by atoms with E-state index in [4.69, 9.17) is 11.5 Å². The molecule has 0 aliphatic rings. The van der Waals surface area contributed by atoms with Crippen LogP contribution in [0.25, 0.3) is 17.0 Å². The molecular formula is C22H28N6. The van der Waals surface area contributed by atoms with Gasteiger partial charge in [-0.15, -0.1) is 21.7 Å². The van der Waals surface area contributed by atoms with Gasteiger partial charge in [-0.25, -0.2) is 0 Å². The predicted octanol–water partition coefficient (Wildman–Crippen LogP) is 3.58. The summed E-state index contributed by atoms with van der Waals surface area (Å²) in [4.78, 5) is 0. The van der Waals surface area contributed by atoms with Crippen molar-refractivity contribution < 1.29 is 0 Å². The first-order valence-corrected chi connectivity index (χ1v) is 9.61. The van der Waals surface area contributed by atoms with Gasteiger partial charge in [0.1, 0.15) is 0 Å². The van der Waals surface area contributed by atoms with Crippen LogP contribution in [0.5, 0.6) is 0 Å². The van der Waals surface area contributed by atoms with Crippen LogP contribution in [-0.4, -0.2) is 39.4 Å². The Labute approximate surface area is 166 Å². The van der Waals surface area contributed by atoms with Crippen molar-refractivity contribution in [2.24, 2.45) is 5.41 Å². The minimum Gasteiger partial charge on any atom is -0.368 e. The molecule has 0 fully saturated rings. The van der Waals surface area contributed by atoms with Crippen molar-refractivity contribution in [1.29, 1.82) is 0 Å². The lowest BCUT2D eigenvalue weighted by Crippen LogP contribution is -2.35. The highest BCUT2D eigenvalue weighted by Crippen LogP contribution is 2.27. The first kappa shape index (κ1) is 19.8. The number of rotatable bonds is 8. The van der Waals surface area contributed by atoms with Gasteiger partial charge in [-0.2, -0.15) is 4.52 Å². The van der Waals surface area contributed by atoms with E-state index in [1.165, 1.54) is 0 Å². The Balaban J connectivity index is 1.92. The standard InChI is InChI=1S/C22H28N6/c1-6-12-23-14-22(4,5)15-24-20-18(16(2)3)13-19-25-26-21(28(19)27-20)17-10-8-7-9-11-17/h1,7-11,13,16,23H,12,14-15H2,2-5H3,(H,24,27). The lowest BCUT2D eigenvalue weighted by molar-refractivity contribution is 0.370. The van der Waals surface area contributed by atoms with Crippen molar-refractivity contribution in [2.75, 3.05) is 25.0 Å². The summed E-state index contributed by atoms with van der Waals surface area (Å²) in [5.74, 6) is 4.54. The predicted molar refractivity (Wildman–Crippen MR) is 114 cm³/mol. The zero-order valence-corrected chi connectivity index (χ0v) is 17.0. The summed E-state index contributed by atoms with van der Waals surface area (Å²) in [6, 6.07) is 12.1. The third-order valence-electron chi connectivity index (χ3n) is 4.64. The second kappa shape index (κ2) is 8.41. The molecule has 0 saturated heterocycles.